The Hall–Kier alpha value is -3.35. The molecule has 0 aliphatic heterocycles. The van der Waals surface area contributed by atoms with E-state index < -0.39 is 23.7 Å². The minimum Gasteiger partial charge on any atom is -0.461 e. The quantitative estimate of drug-likeness (QED) is 0.593. The van der Waals surface area contributed by atoms with Gasteiger partial charge in [0.05, 0.1) is 12.5 Å². The fraction of sp³-hybridized carbons (Fsp3) is 0.375. The summed E-state index contributed by atoms with van der Waals surface area (Å²) in [4.78, 5) is 36.5. The van der Waals surface area contributed by atoms with Gasteiger partial charge in [-0.3, -0.25) is 9.59 Å². The molecule has 0 unspecified atom stereocenters. The molecule has 0 saturated carbocycles. The third kappa shape index (κ3) is 9.80. The van der Waals surface area contributed by atoms with Gasteiger partial charge in [-0.15, -0.1) is 0 Å². The summed E-state index contributed by atoms with van der Waals surface area (Å²) in [6, 6.07) is 18.1. The normalized spacial score (nSPS) is 11.8. The standard InChI is InChI=1S/C24H30N2O5/c1-24(2,3)31-23(29)25-15-14-21(27)26-20(19-12-8-5-9-13-19)16-22(28)30-17-18-10-6-4-7-11-18/h4-13,20H,14-17H2,1-3H3,(H,25,29)(H,26,27)/t20-/m0/s1. The zero-order chi connectivity index (χ0) is 22.7. The van der Waals surface area contributed by atoms with Gasteiger partial charge in [0, 0.05) is 13.0 Å². The maximum Gasteiger partial charge on any atom is 0.407 e. The lowest BCUT2D eigenvalue weighted by Gasteiger charge is -2.20. The summed E-state index contributed by atoms with van der Waals surface area (Å²) in [5, 5.41) is 5.40. The molecule has 0 radical (unpaired) electrons. The van der Waals surface area contributed by atoms with Crippen molar-refractivity contribution < 1.29 is 23.9 Å². The first-order valence-corrected chi connectivity index (χ1v) is 10.2. The van der Waals surface area contributed by atoms with Crippen LogP contribution in [0.5, 0.6) is 0 Å². The number of alkyl carbamates (subject to hydrolysis) is 1. The first-order chi connectivity index (χ1) is 14.7. The molecule has 0 fully saturated rings. The molecule has 0 aromatic heterocycles. The van der Waals surface area contributed by atoms with Crippen LogP contribution in [0.2, 0.25) is 0 Å². The fourth-order valence-electron chi connectivity index (χ4n) is 2.76. The molecule has 0 aliphatic carbocycles. The van der Waals surface area contributed by atoms with Crippen molar-refractivity contribution >= 4 is 18.0 Å². The Kier molecular flexibility index (Phi) is 9.06. The molecular formula is C24H30N2O5. The van der Waals surface area contributed by atoms with Gasteiger partial charge >= 0.3 is 12.1 Å². The summed E-state index contributed by atoms with van der Waals surface area (Å²) in [5.41, 5.74) is 1.09. The SMILES string of the molecule is CC(C)(C)OC(=O)NCCC(=O)N[C@@H](CC(=O)OCc1ccccc1)c1ccccc1. The number of hydrogen-bond acceptors (Lipinski definition) is 5. The van der Waals surface area contributed by atoms with Crippen LogP contribution in [0.15, 0.2) is 60.7 Å². The van der Waals surface area contributed by atoms with Crippen LogP contribution in [-0.4, -0.2) is 30.1 Å². The topological polar surface area (TPSA) is 93.7 Å². The van der Waals surface area contributed by atoms with E-state index in [9.17, 15) is 14.4 Å². The average Bonchev–Trinajstić information content (AvgIpc) is 2.72. The maximum absolute atomic E-state index is 12.4. The molecule has 166 valence electrons. The van der Waals surface area contributed by atoms with Gasteiger partial charge in [-0.25, -0.2) is 4.79 Å². The Morgan fingerprint density at radius 1 is 0.935 bits per heavy atom. The average molecular weight is 427 g/mol. The van der Waals surface area contributed by atoms with Gasteiger partial charge in [0.15, 0.2) is 0 Å². The molecule has 7 nitrogen and oxygen atoms in total. The van der Waals surface area contributed by atoms with E-state index in [1.807, 2.05) is 60.7 Å². The molecule has 1 atom stereocenters. The van der Waals surface area contributed by atoms with Gasteiger partial charge in [0.2, 0.25) is 5.91 Å². The highest BCUT2D eigenvalue weighted by atomic mass is 16.6. The molecule has 0 saturated heterocycles. The lowest BCUT2D eigenvalue weighted by Crippen LogP contribution is -2.36. The van der Waals surface area contributed by atoms with Crippen LogP contribution in [0.3, 0.4) is 0 Å². The number of hydrogen-bond donors (Lipinski definition) is 2. The molecule has 0 bridgehead atoms. The number of benzene rings is 2. The molecule has 2 aromatic rings. The van der Waals surface area contributed by atoms with E-state index in [1.165, 1.54) is 0 Å². The predicted octanol–water partition coefficient (Wildman–Crippen LogP) is 3.89. The number of carbonyl (C=O) groups is 3. The summed E-state index contributed by atoms with van der Waals surface area (Å²) in [6.07, 6.45) is -0.520. The van der Waals surface area contributed by atoms with Crippen LogP contribution in [0.4, 0.5) is 4.79 Å². The van der Waals surface area contributed by atoms with Gasteiger partial charge in [0.25, 0.3) is 0 Å². The highest BCUT2D eigenvalue weighted by Gasteiger charge is 2.20. The fourth-order valence-corrected chi connectivity index (χ4v) is 2.76. The van der Waals surface area contributed by atoms with Crippen LogP contribution in [0, 0.1) is 0 Å². The predicted molar refractivity (Wildman–Crippen MR) is 117 cm³/mol. The zero-order valence-corrected chi connectivity index (χ0v) is 18.2. The van der Waals surface area contributed by atoms with E-state index in [1.54, 1.807) is 20.8 Å². The first-order valence-electron chi connectivity index (χ1n) is 10.2. The second-order valence-electron chi connectivity index (χ2n) is 8.06. The summed E-state index contributed by atoms with van der Waals surface area (Å²) in [7, 11) is 0. The van der Waals surface area contributed by atoms with Crippen LogP contribution in [0.25, 0.3) is 0 Å². The van der Waals surface area contributed by atoms with Gasteiger partial charge in [-0.05, 0) is 31.9 Å². The van der Waals surface area contributed by atoms with Crippen molar-refractivity contribution in [2.75, 3.05) is 6.54 Å². The Bertz CT molecular complexity index is 847. The summed E-state index contributed by atoms with van der Waals surface area (Å²) >= 11 is 0. The van der Waals surface area contributed by atoms with Gasteiger partial charge in [-0.2, -0.15) is 0 Å². The van der Waals surface area contributed by atoms with E-state index in [2.05, 4.69) is 10.6 Å². The Morgan fingerprint density at radius 3 is 2.16 bits per heavy atom. The van der Waals surface area contributed by atoms with E-state index in [0.717, 1.165) is 11.1 Å². The van der Waals surface area contributed by atoms with E-state index >= 15 is 0 Å². The van der Waals surface area contributed by atoms with Gasteiger partial charge in [-0.1, -0.05) is 60.7 Å². The highest BCUT2D eigenvalue weighted by molar-refractivity contribution is 5.79. The van der Waals surface area contributed by atoms with Crippen molar-refractivity contribution in [3.63, 3.8) is 0 Å². The number of esters is 1. The van der Waals surface area contributed by atoms with Crippen molar-refractivity contribution in [2.45, 2.75) is 51.9 Å². The van der Waals surface area contributed by atoms with Gasteiger partial charge in [0.1, 0.15) is 12.2 Å². The van der Waals surface area contributed by atoms with E-state index in [-0.39, 0.29) is 31.9 Å². The molecule has 0 heterocycles. The van der Waals surface area contributed by atoms with Gasteiger partial charge < -0.3 is 20.1 Å². The molecule has 0 aliphatic rings. The van der Waals surface area contributed by atoms with Crippen LogP contribution >= 0.6 is 0 Å². The second-order valence-corrected chi connectivity index (χ2v) is 8.06. The Labute approximate surface area is 183 Å². The zero-order valence-electron chi connectivity index (χ0n) is 18.2. The highest BCUT2D eigenvalue weighted by Crippen LogP contribution is 2.18. The number of rotatable bonds is 9. The van der Waals surface area contributed by atoms with E-state index in [4.69, 9.17) is 9.47 Å². The van der Waals surface area contributed by atoms with Crippen LogP contribution in [-0.2, 0) is 25.7 Å². The Balaban J connectivity index is 1.87. The molecule has 2 amide bonds. The van der Waals surface area contributed by atoms with Crippen molar-refractivity contribution in [1.82, 2.24) is 10.6 Å². The van der Waals surface area contributed by atoms with Crippen molar-refractivity contribution in [1.29, 1.82) is 0 Å². The second kappa shape index (κ2) is 11.7. The molecule has 31 heavy (non-hydrogen) atoms. The minimum absolute atomic E-state index is 0.00206. The Morgan fingerprint density at radius 2 is 1.55 bits per heavy atom. The summed E-state index contributed by atoms with van der Waals surface area (Å²) < 4.78 is 10.5. The summed E-state index contributed by atoms with van der Waals surface area (Å²) in [5.74, 6) is -0.703. The van der Waals surface area contributed by atoms with Crippen molar-refractivity contribution in [3.05, 3.63) is 71.8 Å². The number of nitrogens with one attached hydrogen (secondary N) is 2. The summed E-state index contributed by atoms with van der Waals surface area (Å²) in [6.45, 7) is 5.59. The molecular weight excluding hydrogens is 396 g/mol. The number of ether oxygens (including phenoxy) is 2. The number of amides is 2. The molecule has 2 N–H and O–H groups in total. The molecule has 2 rings (SSSR count). The van der Waals surface area contributed by atoms with Crippen LogP contribution < -0.4 is 10.6 Å². The number of carbonyl (C=O) groups excluding carboxylic acids is 3. The molecule has 7 heteroatoms. The molecule has 0 spiro atoms. The lowest BCUT2D eigenvalue weighted by atomic mass is 10.0. The third-order valence-electron chi connectivity index (χ3n) is 4.17. The minimum atomic E-state index is -0.606. The maximum atomic E-state index is 12.4. The smallest absolute Gasteiger partial charge is 0.407 e. The third-order valence-corrected chi connectivity index (χ3v) is 4.17. The lowest BCUT2D eigenvalue weighted by molar-refractivity contribution is -0.145. The van der Waals surface area contributed by atoms with E-state index in [0.29, 0.717) is 0 Å². The van der Waals surface area contributed by atoms with Crippen LogP contribution in [0.1, 0.15) is 50.8 Å². The van der Waals surface area contributed by atoms with Crippen molar-refractivity contribution in [2.24, 2.45) is 0 Å². The largest absolute Gasteiger partial charge is 0.461 e. The molecule has 2 aromatic carbocycles. The van der Waals surface area contributed by atoms with Crippen molar-refractivity contribution in [3.8, 4) is 0 Å². The first kappa shape index (κ1) is 23.9. The monoisotopic (exact) mass is 426 g/mol.